The molecule has 16 heavy (non-hydrogen) atoms. The second kappa shape index (κ2) is 8.64. The smallest absolute Gasteiger partial charge is 0.310 e. The fourth-order valence-corrected chi connectivity index (χ4v) is 0.908. The summed E-state index contributed by atoms with van der Waals surface area (Å²) >= 11 is 0. The van der Waals surface area contributed by atoms with Gasteiger partial charge < -0.3 is 20.5 Å². The van der Waals surface area contributed by atoms with E-state index < -0.39 is 17.9 Å². The highest BCUT2D eigenvalue weighted by atomic mass is 16.5. The van der Waals surface area contributed by atoms with Gasteiger partial charge >= 0.3 is 11.8 Å². The maximum atomic E-state index is 11.0. The van der Waals surface area contributed by atoms with Crippen molar-refractivity contribution in [3.8, 4) is 6.07 Å². The van der Waals surface area contributed by atoms with Crippen molar-refractivity contribution in [1.29, 1.82) is 5.26 Å². The number of aliphatic hydroxyl groups is 1. The van der Waals surface area contributed by atoms with Crippen molar-refractivity contribution in [1.82, 2.24) is 10.6 Å². The van der Waals surface area contributed by atoms with Crippen LogP contribution in [0.5, 0.6) is 0 Å². The van der Waals surface area contributed by atoms with Crippen molar-refractivity contribution in [3.05, 3.63) is 0 Å². The van der Waals surface area contributed by atoms with Gasteiger partial charge in [-0.05, 0) is 6.42 Å². The first-order chi connectivity index (χ1) is 7.61. The van der Waals surface area contributed by atoms with E-state index in [1.165, 1.54) is 7.11 Å². The third kappa shape index (κ3) is 6.75. The van der Waals surface area contributed by atoms with E-state index in [4.69, 9.17) is 5.26 Å². The molecule has 1 unspecified atom stereocenters. The molecule has 0 aromatic heterocycles. The molecule has 0 saturated heterocycles. The largest absolute Gasteiger partial charge is 0.391 e. The molecule has 0 fully saturated rings. The Hall–Kier alpha value is -1.65. The number of hydrogen-bond donors (Lipinski definition) is 3. The number of methoxy groups -OCH3 is 1. The van der Waals surface area contributed by atoms with E-state index in [2.05, 4.69) is 15.4 Å². The first-order valence-electron chi connectivity index (χ1n) is 4.71. The van der Waals surface area contributed by atoms with Gasteiger partial charge in [-0.25, -0.2) is 0 Å². The summed E-state index contributed by atoms with van der Waals surface area (Å²) < 4.78 is 4.68. The Labute approximate surface area is 93.4 Å². The maximum Gasteiger partial charge on any atom is 0.310 e. The monoisotopic (exact) mass is 229 g/mol. The van der Waals surface area contributed by atoms with Gasteiger partial charge in [-0.2, -0.15) is 5.26 Å². The Morgan fingerprint density at radius 3 is 2.62 bits per heavy atom. The molecule has 1 atom stereocenters. The molecule has 0 aliphatic rings. The van der Waals surface area contributed by atoms with Gasteiger partial charge in [0.2, 0.25) is 0 Å². The molecular formula is C9H15N3O4. The summed E-state index contributed by atoms with van der Waals surface area (Å²) in [6.07, 6.45) is -0.377. The Kier molecular flexibility index (Phi) is 7.75. The first kappa shape index (κ1) is 14.3. The zero-order valence-corrected chi connectivity index (χ0v) is 9.02. The minimum Gasteiger partial charge on any atom is -0.391 e. The van der Waals surface area contributed by atoms with Gasteiger partial charge in [-0.1, -0.05) is 0 Å². The highest BCUT2D eigenvalue weighted by molar-refractivity contribution is 6.35. The number of nitrogens with zero attached hydrogens (tertiary/aromatic N) is 1. The maximum absolute atomic E-state index is 11.0. The standard InChI is InChI=1S/C9H15N3O4/c1-16-6-7(13)2-4-11-8(14)9(15)12-5-3-10/h7,13H,2,4-6H2,1H3,(H,11,14)(H,12,15). The minimum atomic E-state index is -0.859. The summed E-state index contributed by atoms with van der Waals surface area (Å²) in [5.74, 6) is -1.68. The summed E-state index contributed by atoms with van der Waals surface area (Å²) in [6.45, 7) is 0.137. The van der Waals surface area contributed by atoms with Crippen LogP contribution in [-0.4, -0.2) is 49.8 Å². The van der Waals surface area contributed by atoms with Gasteiger partial charge in [0.15, 0.2) is 0 Å². The molecule has 7 nitrogen and oxygen atoms in total. The fourth-order valence-electron chi connectivity index (χ4n) is 0.908. The van der Waals surface area contributed by atoms with Crippen molar-refractivity contribution >= 4 is 11.8 Å². The molecule has 0 aliphatic heterocycles. The quantitative estimate of drug-likeness (QED) is 0.365. The number of ether oxygens (including phenoxy) is 1. The van der Waals surface area contributed by atoms with Crippen LogP contribution in [-0.2, 0) is 14.3 Å². The lowest BCUT2D eigenvalue weighted by atomic mass is 10.2. The summed E-state index contributed by atoms with van der Waals surface area (Å²) in [4.78, 5) is 22.0. The number of carbonyl (C=O) groups is 2. The van der Waals surface area contributed by atoms with E-state index in [9.17, 15) is 14.7 Å². The van der Waals surface area contributed by atoms with Gasteiger partial charge in [0, 0.05) is 13.7 Å². The second-order valence-corrected chi connectivity index (χ2v) is 2.99. The van der Waals surface area contributed by atoms with Crippen LogP contribution in [0.3, 0.4) is 0 Å². The number of nitriles is 1. The Bertz CT molecular complexity index is 274. The predicted octanol–water partition coefficient (Wildman–Crippen LogP) is -1.86. The molecule has 0 bridgehead atoms. The van der Waals surface area contributed by atoms with Gasteiger partial charge in [-0.3, -0.25) is 9.59 Å². The summed E-state index contributed by atoms with van der Waals surface area (Å²) in [5, 5.41) is 21.8. The van der Waals surface area contributed by atoms with Crippen LogP contribution in [0.1, 0.15) is 6.42 Å². The first-order valence-corrected chi connectivity index (χ1v) is 4.71. The van der Waals surface area contributed by atoms with Crippen LogP contribution in [0.2, 0.25) is 0 Å². The molecule has 0 rings (SSSR count). The van der Waals surface area contributed by atoms with E-state index in [-0.39, 0.29) is 19.7 Å². The molecule has 0 aliphatic carbocycles. The van der Waals surface area contributed by atoms with Crippen LogP contribution in [0.15, 0.2) is 0 Å². The number of amides is 2. The van der Waals surface area contributed by atoms with Gasteiger partial charge in [0.1, 0.15) is 6.54 Å². The molecule has 0 radical (unpaired) electrons. The lowest BCUT2D eigenvalue weighted by Crippen LogP contribution is -2.41. The molecule has 90 valence electrons. The van der Waals surface area contributed by atoms with E-state index in [0.29, 0.717) is 6.42 Å². The van der Waals surface area contributed by atoms with E-state index in [1.54, 1.807) is 6.07 Å². The normalized spacial score (nSPS) is 11.3. The van der Waals surface area contributed by atoms with Crippen molar-refractivity contribution < 1.29 is 19.4 Å². The van der Waals surface area contributed by atoms with E-state index in [0.717, 1.165) is 0 Å². The molecule has 0 aromatic rings. The highest BCUT2D eigenvalue weighted by Crippen LogP contribution is 1.89. The number of aliphatic hydroxyl groups excluding tert-OH is 1. The average Bonchev–Trinajstić information content (AvgIpc) is 2.26. The average molecular weight is 229 g/mol. The minimum absolute atomic E-state index is 0.170. The number of rotatable bonds is 6. The topological polar surface area (TPSA) is 111 Å². The van der Waals surface area contributed by atoms with Crippen molar-refractivity contribution in [2.24, 2.45) is 0 Å². The summed E-state index contributed by atoms with van der Waals surface area (Å²) in [5.41, 5.74) is 0. The number of carbonyl (C=O) groups excluding carboxylic acids is 2. The number of nitrogens with one attached hydrogen (secondary N) is 2. The van der Waals surface area contributed by atoms with Crippen molar-refractivity contribution in [2.75, 3.05) is 26.8 Å². The lowest BCUT2D eigenvalue weighted by Gasteiger charge is -2.09. The van der Waals surface area contributed by atoms with Crippen LogP contribution < -0.4 is 10.6 Å². The van der Waals surface area contributed by atoms with Crippen LogP contribution in [0.25, 0.3) is 0 Å². The van der Waals surface area contributed by atoms with Gasteiger partial charge in [-0.15, -0.1) is 0 Å². The van der Waals surface area contributed by atoms with Crippen LogP contribution >= 0.6 is 0 Å². The molecule has 0 spiro atoms. The Morgan fingerprint density at radius 2 is 2.06 bits per heavy atom. The zero-order chi connectivity index (χ0) is 12.4. The molecule has 2 amide bonds. The Morgan fingerprint density at radius 1 is 1.44 bits per heavy atom. The second-order valence-electron chi connectivity index (χ2n) is 2.99. The third-order valence-corrected chi connectivity index (χ3v) is 1.66. The predicted molar refractivity (Wildman–Crippen MR) is 54.1 cm³/mol. The molecule has 0 aromatic carbocycles. The van der Waals surface area contributed by atoms with E-state index >= 15 is 0 Å². The molecule has 3 N–H and O–H groups in total. The molecule has 0 saturated carbocycles. The van der Waals surface area contributed by atoms with Crippen molar-refractivity contribution in [3.63, 3.8) is 0 Å². The van der Waals surface area contributed by atoms with Gasteiger partial charge in [0.05, 0.1) is 18.8 Å². The van der Waals surface area contributed by atoms with Crippen LogP contribution in [0, 0.1) is 11.3 Å². The molecule has 7 heteroatoms. The number of hydrogen-bond acceptors (Lipinski definition) is 5. The Balaban J connectivity index is 3.65. The lowest BCUT2D eigenvalue weighted by molar-refractivity contribution is -0.139. The summed E-state index contributed by atoms with van der Waals surface area (Å²) in [6, 6.07) is 1.68. The fraction of sp³-hybridized carbons (Fsp3) is 0.667. The zero-order valence-electron chi connectivity index (χ0n) is 9.02. The van der Waals surface area contributed by atoms with Crippen LogP contribution in [0.4, 0.5) is 0 Å². The third-order valence-electron chi connectivity index (χ3n) is 1.66. The van der Waals surface area contributed by atoms with E-state index in [1.807, 2.05) is 0 Å². The highest BCUT2D eigenvalue weighted by Gasteiger charge is 2.12. The molecule has 0 heterocycles. The van der Waals surface area contributed by atoms with Crippen molar-refractivity contribution in [2.45, 2.75) is 12.5 Å². The SMILES string of the molecule is COCC(O)CCNC(=O)C(=O)NCC#N. The molecular weight excluding hydrogens is 214 g/mol. The summed E-state index contributed by atoms with van der Waals surface area (Å²) in [7, 11) is 1.46. The van der Waals surface area contributed by atoms with Gasteiger partial charge in [0.25, 0.3) is 0 Å².